The predicted molar refractivity (Wildman–Crippen MR) is 78.8 cm³/mol. The number of thioether (sulfide) groups is 1. The number of rotatable bonds is 8. The van der Waals surface area contributed by atoms with E-state index in [1.54, 1.807) is 13.4 Å². The van der Waals surface area contributed by atoms with Gasteiger partial charge in [-0.25, -0.2) is 9.97 Å². The van der Waals surface area contributed by atoms with Gasteiger partial charge in [0.25, 0.3) is 0 Å². The summed E-state index contributed by atoms with van der Waals surface area (Å²) in [4.78, 5) is 8.42. The Bertz CT molecular complexity index is 362. The lowest BCUT2D eigenvalue weighted by Gasteiger charge is -2.17. The van der Waals surface area contributed by atoms with Crippen LogP contribution in [0.15, 0.2) is 6.33 Å². The Morgan fingerprint density at radius 1 is 1.33 bits per heavy atom. The van der Waals surface area contributed by atoms with Crippen LogP contribution in [0.25, 0.3) is 0 Å². The zero-order valence-electron chi connectivity index (χ0n) is 11.5. The van der Waals surface area contributed by atoms with Crippen molar-refractivity contribution in [3.63, 3.8) is 0 Å². The first kappa shape index (κ1) is 14.9. The zero-order chi connectivity index (χ0) is 13.4. The van der Waals surface area contributed by atoms with Gasteiger partial charge < -0.3 is 15.4 Å². The predicted octanol–water partition coefficient (Wildman–Crippen LogP) is 2.47. The summed E-state index contributed by atoms with van der Waals surface area (Å²) in [6.07, 6.45) is 1.54. The fourth-order valence-corrected chi connectivity index (χ4v) is 2.21. The lowest BCUT2D eigenvalue weighted by molar-refractivity contribution is 0.414. The zero-order valence-corrected chi connectivity index (χ0v) is 12.3. The third kappa shape index (κ3) is 4.25. The number of nitrogens with one attached hydrogen (secondary N) is 2. The minimum absolute atomic E-state index is 0.341. The van der Waals surface area contributed by atoms with Crippen molar-refractivity contribution >= 4 is 23.4 Å². The molecule has 0 saturated carbocycles. The highest BCUT2D eigenvalue weighted by Gasteiger charge is 2.13. The number of nitrogens with zero attached hydrogens (tertiary/aromatic N) is 2. The lowest BCUT2D eigenvalue weighted by atomic mass is 10.3. The summed E-state index contributed by atoms with van der Waals surface area (Å²) >= 11 is 1.90. The number of methoxy groups -OCH3 is 1. The van der Waals surface area contributed by atoms with Crippen LogP contribution in [0, 0.1) is 0 Å². The van der Waals surface area contributed by atoms with Crippen LogP contribution in [0.3, 0.4) is 0 Å². The molecule has 0 aliphatic carbocycles. The molecule has 18 heavy (non-hydrogen) atoms. The Kier molecular flexibility index (Phi) is 6.64. The maximum Gasteiger partial charge on any atom is 0.204 e. The highest BCUT2D eigenvalue weighted by molar-refractivity contribution is 7.99. The first-order chi connectivity index (χ1) is 8.72. The van der Waals surface area contributed by atoms with Gasteiger partial charge >= 0.3 is 0 Å². The lowest BCUT2D eigenvalue weighted by Crippen LogP contribution is -2.20. The summed E-state index contributed by atoms with van der Waals surface area (Å²) in [5.74, 6) is 4.31. The molecule has 1 aromatic heterocycles. The molecule has 0 fully saturated rings. The van der Waals surface area contributed by atoms with Gasteiger partial charge in [-0.1, -0.05) is 6.92 Å². The smallest absolute Gasteiger partial charge is 0.204 e. The number of aromatic nitrogens is 2. The molecular formula is C12H22N4OS. The monoisotopic (exact) mass is 270 g/mol. The van der Waals surface area contributed by atoms with Gasteiger partial charge in [-0.3, -0.25) is 0 Å². The molecule has 1 aromatic rings. The fourth-order valence-electron chi connectivity index (χ4n) is 1.53. The normalized spacial score (nSPS) is 12.0. The van der Waals surface area contributed by atoms with E-state index in [-0.39, 0.29) is 0 Å². The van der Waals surface area contributed by atoms with Crippen LogP contribution in [0.2, 0.25) is 0 Å². The highest BCUT2D eigenvalue weighted by atomic mass is 32.2. The summed E-state index contributed by atoms with van der Waals surface area (Å²) in [5, 5.41) is 6.52. The second-order valence-electron chi connectivity index (χ2n) is 3.84. The van der Waals surface area contributed by atoms with Crippen molar-refractivity contribution in [2.75, 3.05) is 35.8 Å². The third-order valence-corrected chi connectivity index (χ3v) is 3.45. The van der Waals surface area contributed by atoms with Crippen molar-refractivity contribution in [1.29, 1.82) is 0 Å². The van der Waals surface area contributed by atoms with Gasteiger partial charge in [0.2, 0.25) is 5.75 Å². The van der Waals surface area contributed by atoms with Gasteiger partial charge in [0.1, 0.15) is 6.33 Å². The molecule has 0 amide bonds. The second kappa shape index (κ2) is 8.02. The largest absolute Gasteiger partial charge is 0.490 e. The molecule has 0 aliphatic heterocycles. The van der Waals surface area contributed by atoms with Crippen LogP contribution in [0.4, 0.5) is 11.6 Å². The van der Waals surface area contributed by atoms with Crippen LogP contribution in [-0.2, 0) is 0 Å². The van der Waals surface area contributed by atoms with E-state index < -0.39 is 0 Å². The Balaban J connectivity index is 2.77. The summed E-state index contributed by atoms with van der Waals surface area (Å²) in [6.45, 7) is 7.12. The number of anilines is 2. The Morgan fingerprint density at radius 3 is 2.67 bits per heavy atom. The molecule has 2 N–H and O–H groups in total. The molecule has 102 valence electrons. The summed E-state index contributed by atoms with van der Waals surface area (Å²) in [6, 6.07) is 0.341. The van der Waals surface area contributed by atoms with E-state index in [0.717, 1.165) is 29.7 Å². The molecule has 0 aliphatic rings. The van der Waals surface area contributed by atoms with Crippen molar-refractivity contribution < 1.29 is 4.74 Å². The molecule has 5 nitrogen and oxygen atoms in total. The molecular weight excluding hydrogens is 248 g/mol. The molecule has 6 heteroatoms. The van der Waals surface area contributed by atoms with Gasteiger partial charge in [-0.15, -0.1) is 0 Å². The Morgan fingerprint density at radius 2 is 2.06 bits per heavy atom. The van der Waals surface area contributed by atoms with E-state index in [1.165, 1.54) is 0 Å². The minimum Gasteiger partial charge on any atom is -0.490 e. The van der Waals surface area contributed by atoms with Crippen molar-refractivity contribution in [1.82, 2.24) is 9.97 Å². The van der Waals surface area contributed by atoms with Crippen LogP contribution in [0.1, 0.15) is 20.8 Å². The van der Waals surface area contributed by atoms with Crippen molar-refractivity contribution in [2.24, 2.45) is 0 Å². The molecule has 0 spiro atoms. The van der Waals surface area contributed by atoms with E-state index in [9.17, 15) is 0 Å². The van der Waals surface area contributed by atoms with Crippen LogP contribution < -0.4 is 15.4 Å². The van der Waals surface area contributed by atoms with Crippen LogP contribution in [0.5, 0.6) is 5.75 Å². The van der Waals surface area contributed by atoms with Crippen molar-refractivity contribution in [2.45, 2.75) is 26.8 Å². The second-order valence-corrected chi connectivity index (χ2v) is 5.16. The van der Waals surface area contributed by atoms with E-state index in [4.69, 9.17) is 4.74 Å². The van der Waals surface area contributed by atoms with Crippen molar-refractivity contribution in [3.05, 3.63) is 6.33 Å². The van der Waals surface area contributed by atoms with E-state index >= 15 is 0 Å². The summed E-state index contributed by atoms with van der Waals surface area (Å²) < 4.78 is 5.38. The third-order valence-electron chi connectivity index (χ3n) is 2.31. The van der Waals surface area contributed by atoms with Gasteiger partial charge in [-0.05, 0) is 19.6 Å². The maximum absolute atomic E-state index is 5.38. The van der Waals surface area contributed by atoms with Gasteiger partial charge in [-0.2, -0.15) is 11.8 Å². The van der Waals surface area contributed by atoms with Crippen LogP contribution >= 0.6 is 11.8 Å². The fraction of sp³-hybridized carbons (Fsp3) is 0.667. The molecule has 1 atom stereocenters. The Labute approximate surface area is 113 Å². The van der Waals surface area contributed by atoms with Crippen LogP contribution in [-0.4, -0.2) is 41.2 Å². The molecule has 1 rings (SSSR count). The van der Waals surface area contributed by atoms with E-state index in [0.29, 0.717) is 11.8 Å². The van der Waals surface area contributed by atoms with Gasteiger partial charge in [0, 0.05) is 18.3 Å². The summed E-state index contributed by atoms with van der Waals surface area (Å²) in [5.41, 5.74) is 0. The highest BCUT2D eigenvalue weighted by Crippen LogP contribution is 2.29. The molecule has 0 saturated heterocycles. The van der Waals surface area contributed by atoms with Gasteiger partial charge in [0.15, 0.2) is 11.6 Å². The molecule has 1 heterocycles. The first-order valence-electron chi connectivity index (χ1n) is 6.20. The minimum atomic E-state index is 0.341. The number of hydrogen-bond donors (Lipinski definition) is 2. The molecule has 0 aromatic carbocycles. The summed E-state index contributed by atoms with van der Waals surface area (Å²) in [7, 11) is 1.64. The van der Waals surface area contributed by atoms with Gasteiger partial charge in [0.05, 0.1) is 7.11 Å². The average Bonchev–Trinajstić information content (AvgIpc) is 2.37. The maximum atomic E-state index is 5.38. The SMILES string of the molecule is CCNc1ncnc(NC(C)CSCC)c1OC. The standard InChI is InChI=1S/C12H22N4OS/c1-5-13-11-10(17-4)12(15-8-14-11)16-9(3)7-18-6-2/h8-9H,5-7H2,1-4H3,(H2,13,14,15,16). The quantitative estimate of drug-likeness (QED) is 0.757. The first-order valence-corrected chi connectivity index (χ1v) is 7.35. The molecule has 0 bridgehead atoms. The van der Waals surface area contributed by atoms with Crippen molar-refractivity contribution in [3.8, 4) is 5.75 Å². The number of ether oxygens (including phenoxy) is 1. The van der Waals surface area contributed by atoms with E-state index in [2.05, 4.69) is 34.4 Å². The topological polar surface area (TPSA) is 59.1 Å². The number of hydrogen-bond acceptors (Lipinski definition) is 6. The average molecular weight is 270 g/mol. The Hall–Kier alpha value is -1.17. The molecule has 1 unspecified atom stereocenters. The van der Waals surface area contributed by atoms with E-state index in [1.807, 2.05) is 18.7 Å². The molecule has 0 radical (unpaired) electrons.